The van der Waals surface area contributed by atoms with Gasteiger partial charge in [-0.15, -0.1) is 0 Å². The second-order valence-electron chi connectivity index (χ2n) is 6.89. The Kier molecular flexibility index (Phi) is 7.42. The first-order valence-electron chi connectivity index (χ1n) is 8.26. The Labute approximate surface area is 148 Å². The molecule has 0 radical (unpaired) electrons. The highest BCUT2D eigenvalue weighted by atomic mass is 16.6. The number of rotatable bonds is 7. The van der Waals surface area contributed by atoms with Gasteiger partial charge >= 0.3 is 6.09 Å². The summed E-state index contributed by atoms with van der Waals surface area (Å²) in [5.74, 6) is -0.749. The number of carbonyl (C=O) groups is 3. The fourth-order valence-corrected chi connectivity index (χ4v) is 2.08. The van der Waals surface area contributed by atoms with Crippen molar-refractivity contribution in [3.05, 3.63) is 35.4 Å². The number of carbonyl (C=O) groups excluding carboxylic acids is 3. The van der Waals surface area contributed by atoms with E-state index in [0.29, 0.717) is 30.5 Å². The number of nitrogens with one attached hydrogen (secondary N) is 2. The summed E-state index contributed by atoms with van der Waals surface area (Å²) in [7, 11) is 0. The predicted molar refractivity (Wildman–Crippen MR) is 95.4 cm³/mol. The van der Waals surface area contributed by atoms with Gasteiger partial charge in [-0.25, -0.2) is 4.79 Å². The van der Waals surface area contributed by atoms with E-state index in [-0.39, 0.29) is 11.9 Å². The van der Waals surface area contributed by atoms with Crippen molar-refractivity contribution >= 4 is 17.9 Å². The van der Waals surface area contributed by atoms with E-state index in [0.717, 1.165) is 0 Å². The molecule has 7 nitrogen and oxygen atoms in total. The van der Waals surface area contributed by atoms with Crippen molar-refractivity contribution in [2.45, 2.75) is 52.2 Å². The molecule has 0 saturated carbocycles. The first kappa shape index (κ1) is 20.5. The molecule has 0 fully saturated rings. The minimum Gasteiger partial charge on any atom is -0.444 e. The van der Waals surface area contributed by atoms with Crippen LogP contribution in [0.3, 0.4) is 0 Å². The molecule has 0 aliphatic heterocycles. The molecular formula is C18H27N3O4. The normalized spacial score (nSPS) is 12.2. The summed E-state index contributed by atoms with van der Waals surface area (Å²) in [4.78, 5) is 34.6. The molecule has 0 aromatic heterocycles. The maximum absolute atomic E-state index is 12.1. The van der Waals surface area contributed by atoms with Crippen molar-refractivity contribution in [2.24, 2.45) is 5.73 Å². The smallest absolute Gasteiger partial charge is 0.407 e. The van der Waals surface area contributed by atoms with E-state index < -0.39 is 17.6 Å². The van der Waals surface area contributed by atoms with E-state index in [2.05, 4.69) is 10.6 Å². The molecule has 3 amide bonds. The van der Waals surface area contributed by atoms with Crippen molar-refractivity contribution in [1.29, 1.82) is 0 Å². The van der Waals surface area contributed by atoms with Crippen LogP contribution >= 0.6 is 0 Å². The second kappa shape index (κ2) is 9.05. The Morgan fingerprint density at radius 1 is 1.12 bits per heavy atom. The number of primary amides is 1. The monoisotopic (exact) mass is 349 g/mol. The highest BCUT2D eigenvalue weighted by Crippen LogP contribution is 2.07. The molecule has 0 aliphatic carbocycles. The summed E-state index contributed by atoms with van der Waals surface area (Å²) >= 11 is 0. The van der Waals surface area contributed by atoms with Crippen molar-refractivity contribution < 1.29 is 19.1 Å². The van der Waals surface area contributed by atoms with Crippen molar-refractivity contribution in [2.75, 3.05) is 6.54 Å². The van der Waals surface area contributed by atoms with Gasteiger partial charge in [-0.1, -0.05) is 0 Å². The van der Waals surface area contributed by atoms with Gasteiger partial charge in [0.1, 0.15) is 5.60 Å². The molecule has 7 heteroatoms. The first-order valence-corrected chi connectivity index (χ1v) is 8.26. The summed E-state index contributed by atoms with van der Waals surface area (Å²) in [6.45, 7) is 7.78. The fourth-order valence-electron chi connectivity index (χ4n) is 2.08. The lowest BCUT2D eigenvalue weighted by Crippen LogP contribution is -2.35. The van der Waals surface area contributed by atoms with Crippen LogP contribution in [0.5, 0.6) is 0 Å². The van der Waals surface area contributed by atoms with Gasteiger partial charge in [-0.05, 0) is 64.8 Å². The van der Waals surface area contributed by atoms with Gasteiger partial charge in [0.25, 0.3) is 5.91 Å². The first-order chi connectivity index (χ1) is 11.6. The predicted octanol–water partition coefficient (Wildman–Crippen LogP) is 2.21. The zero-order valence-corrected chi connectivity index (χ0v) is 15.2. The van der Waals surface area contributed by atoms with E-state index in [1.165, 1.54) is 12.1 Å². The Morgan fingerprint density at radius 3 is 2.20 bits per heavy atom. The number of hydrogen-bond donors (Lipinski definition) is 3. The largest absolute Gasteiger partial charge is 0.444 e. The molecule has 0 aliphatic rings. The molecule has 138 valence electrons. The van der Waals surface area contributed by atoms with Crippen LogP contribution in [-0.2, 0) is 4.74 Å². The number of nitrogens with two attached hydrogens (primary N) is 1. The van der Waals surface area contributed by atoms with Crippen LogP contribution in [0, 0.1) is 0 Å². The second-order valence-corrected chi connectivity index (χ2v) is 6.89. The molecule has 25 heavy (non-hydrogen) atoms. The highest BCUT2D eigenvalue weighted by Gasteiger charge is 2.15. The zero-order chi connectivity index (χ0) is 19.0. The van der Waals surface area contributed by atoms with Gasteiger partial charge in [0.05, 0.1) is 0 Å². The molecule has 4 N–H and O–H groups in total. The van der Waals surface area contributed by atoms with E-state index in [9.17, 15) is 14.4 Å². The number of benzene rings is 1. The lowest BCUT2D eigenvalue weighted by Gasteiger charge is -2.20. The van der Waals surface area contributed by atoms with Crippen LogP contribution in [-0.4, -0.2) is 36.1 Å². The number of ether oxygens (including phenoxy) is 1. The minimum atomic E-state index is -0.530. The van der Waals surface area contributed by atoms with Gasteiger partial charge in [-0.3, -0.25) is 9.59 Å². The molecule has 1 atom stereocenters. The lowest BCUT2D eigenvalue weighted by molar-refractivity contribution is 0.0526. The quantitative estimate of drug-likeness (QED) is 0.655. The van der Waals surface area contributed by atoms with Crippen molar-refractivity contribution in [3.63, 3.8) is 0 Å². The Hall–Kier alpha value is -2.57. The van der Waals surface area contributed by atoms with Gasteiger partial charge in [0, 0.05) is 23.7 Å². The molecule has 0 saturated heterocycles. The average Bonchev–Trinajstić information content (AvgIpc) is 2.50. The van der Waals surface area contributed by atoms with Gasteiger partial charge in [-0.2, -0.15) is 0 Å². The third-order valence-corrected chi connectivity index (χ3v) is 3.29. The van der Waals surface area contributed by atoms with E-state index in [4.69, 9.17) is 10.5 Å². The Bertz CT molecular complexity index is 606. The van der Waals surface area contributed by atoms with Crippen LogP contribution in [0.1, 0.15) is 61.3 Å². The van der Waals surface area contributed by atoms with Crippen LogP contribution < -0.4 is 16.4 Å². The van der Waals surface area contributed by atoms with Gasteiger partial charge < -0.3 is 21.1 Å². The van der Waals surface area contributed by atoms with Crippen LogP contribution in [0.4, 0.5) is 4.79 Å². The third kappa shape index (κ3) is 8.19. The number of hydrogen-bond acceptors (Lipinski definition) is 4. The Balaban J connectivity index is 2.31. The molecule has 1 rings (SSSR count). The van der Waals surface area contributed by atoms with E-state index >= 15 is 0 Å². The zero-order valence-electron chi connectivity index (χ0n) is 15.2. The Morgan fingerprint density at radius 2 is 1.68 bits per heavy atom. The summed E-state index contributed by atoms with van der Waals surface area (Å²) in [6.07, 6.45) is 0.973. The van der Waals surface area contributed by atoms with Crippen molar-refractivity contribution in [3.8, 4) is 0 Å². The lowest BCUT2D eigenvalue weighted by atomic mass is 10.1. The topological polar surface area (TPSA) is 111 Å². The maximum atomic E-state index is 12.1. The number of amides is 3. The highest BCUT2D eigenvalue weighted by molar-refractivity contribution is 5.97. The fraction of sp³-hybridized carbons (Fsp3) is 0.500. The van der Waals surface area contributed by atoms with Crippen LogP contribution in [0.25, 0.3) is 0 Å². The summed E-state index contributed by atoms with van der Waals surface area (Å²) in [6, 6.07) is 6.11. The average molecular weight is 349 g/mol. The molecule has 0 heterocycles. The number of alkyl carbamates (subject to hydrolysis) is 1. The third-order valence-electron chi connectivity index (χ3n) is 3.29. The minimum absolute atomic E-state index is 0.0521. The molecule has 0 bridgehead atoms. The summed E-state index contributed by atoms with van der Waals surface area (Å²) in [5.41, 5.74) is 5.47. The van der Waals surface area contributed by atoms with Crippen molar-refractivity contribution in [1.82, 2.24) is 10.6 Å². The molecule has 0 spiro atoms. The standard InChI is InChI=1S/C18H27N3O4/c1-12(6-5-11-20-17(24)25-18(2,3)4)21-16(23)14-9-7-13(8-10-14)15(19)22/h7-10,12H,5-6,11H2,1-4H3,(H2,19,22)(H,20,24)(H,21,23). The van der Waals surface area contributed by atoms with Crippen LogP contribution in [0.2, 0.25) is 0 Å². The molecule has 1 aromatic rings. The van der Waals surface area contributed by atoms with E-state index in [1.54, 1.807) is 32.9 Å². The SMILES string of the molecule is CC(CCCNC(=O)OC(C)(C)C)NC(=O)c1ccc(C(N)=O)cc1. The van der Waals surface area contributed by atoms with Gasteiger partial charge in [0.2, 0.25) is 5.91 Å². The van der Waals surface area contributed by atoms with E-state index in [1.807, 2.05) is 6.92 Å². The van der Waals surface area contributed by atoms with Gasteiger partial charge in [0.15, 0.2) is 0 Å². The summed E-state index contributed by atoms with van der Waals surface area (Å²) < 4.78 is 5.14. The maximum Gasteiger partial charge on any atom is 0.407 e. The molecular weight excluding hydrogens is 322 g/mol. The summed E-state index contributed by atoms with van der Waals surface area (Å²) in [5, 5.41) is 5.55. The molecule has 1 unspecified atom stereocenters. The molecule has 1 aromatic carbocycles. The van der Waals surface area contributed by atoms with Crippen LogP contribution in [0.15, 0.2) is 24.3 Å².